The third-order valence-corrected chi connectivity index (χ3v) is 4.86. The molecule has 0 saturated carbocycles. The van der Waals surface area contributed by atoms with Crippen molar-refractivity contribution in [1.29, 1.82) is 5.26 Å². The summed E-state index contributed by atoms with van der Waals surface area (Å²) in [7, 11) is 0. The van der Waals surface area contributed by atoms with E-state index in [1.807, 2.05) is 0 Å². The van der Waals surface area contributed by atoms with Crippen LogP contribution in [-0.2, 0) is 11.2 Å². The monoisotopic (exact) mass is 343 g/mol. The standard InChI is InChI=1S/C17H21N5OS/c1-2-14-5-3-6-15(13-14)22-16(21-8-10-23-11-9-21)19-20-17(22)24-12-4-7-18/h3,5-6,13H,2,4,8-12H2,1H3. The summed E-state index contributed by atoms with van der Waals surface area (Å²) < 4.78 is 7.55. The normalized spacial score (nSPS) is 14.6. The Balaban J connectivity index is 1.98. The maximum atomic E-state index is 8.78. The molecule has 0 spiro atoms. The molecular weight excluding hydrogens is 322 g/mol. The number of anilines is 1. The van der Waals surface area contributed by atoms with Crippen LogP contribution in [0.25, 0.3) is 5.69 Å². The lowest BCUT2D eigenvalue weighted by Crippen LogP contribution is -2.37. The Morgan fingerprint density at radius 3 is 2.88 bits per heavy atom. The van der Waals surface area contributed by atoms with E-state index in [2.05, 4.69) is 56.9 Å². The van der Waals surface area contributed by atoms with Crippen LogP contribution < -0.4 is 4.90 Å². The summed E-state index contributed by atoms with van der Waals surface area (Å²) in [6.45, 7) is 5.19. The van der Waals surface area contributed by atoms with Crippen molar-refractivity contribution in [2.45, 2.75) is 24.9 Å². The molecule has 1 aromatic carbocycles. The smallest absolute Gasteiger partial charge is 0.232 e. The first kappa shape index (κ1) is 16.8. The predicted molar refractivity (Wildman–Crippen MR) is 94.7 cm³/mol. The number of benzene rings is 1. The molecular formula is C17H21N5OS. The highest BCUT2D eigenvalue weighted by Crippen LogP contribution is 2.28. The van der Waals surface area contributed by atoms with E-state index in [0.29, 0.717) is 25.4 Å². The van der Waals surface area contributed by atoms with Crippen molar-refractivity contribution >= 4 is 17.7 Å². The van der Waals surface area contributed by atoms with E-state index in [1.165, 1.54) is 5.56 Å². The lowest BCUT2D eigenvalue weighted by atomic mass is 10.1. The SMILES string of the molecule is CCc1cccc(-n2c(SCCC#N)nnc2N2CCOCC2)c1. The third-order valence-electron chi connectivity index (χ3n) is 3.93. The molecule has 24 heavy (non-hydrogen) atoms. The molecule has 1 fully saturated rings. The average Bonchev–Trinajstić information content (AvgIpc) is 3.06. The maximum Gasteiger partial charge on any atom is 0.232 e. The van der Waals surface area contributed by atoms with Gasteiger partial charge in [0, 0.05) is 25.3 Å². The maximum absolute atomic E-state index is 8.78. The average molecular weight is 343 g/mol. The number of rotatable bonds is 6. The van der Waals surface area contributed by atoms with Gasteiger partial charge in [-0.1, -0.05) is 30.8 Å². The zero-order valence-corrected chi connectivity index (χ0v) is 14.6. The van der Waals surface area contributed by atoms with Crippen LogP contribution in [0.4, 0.5) is 5.95 Å². The first-order valence-corrected chi connectivity index (χ1v) is 9.19. The molecule has 0 amide bonds. The number of nitriles is 1. The highest BCUT2D eigenvalue weighted by atomic mass is 32.2. The minimum Gasteiger partial charge on any atom is -0.378 e. The van der Waals surface area contributed by atoms with Gasteiger partial charge in [0.05, 0.1) is 25.0 Å². The second-order valence-corrected chi connectivity index (χ2v) is 6.56. The summed E-state index contributed by atoms with van der Waals surface area (Å²) in [5.41, 5.74) is 2.35. The van der Waals surface area contributed by atoms with Crippen LogP contribution >= 0.6 is 11.8 Å². The number of aromatic nitrogens is 3. The molecule has 3 rings (SSSR count). The Hall–Kier alpha value is -2.04. The van der Waals surface area contributed by atoms with Crippen molar-refractivity contribution in [3.63, 3.8) is 0 Å². The summed E-state index contributed by atoms with van der Waals surface area (Å²) in [6, 6.07) is 10.6. The van der Waals surface area contributed by atoms with Crippen molar-refractivity contribution in [2.75, 3.05) is 37.0 Å². The molecule has 0 atom stereocenters. The Bertz CT molecular complexity index is 718. The van der Waals surface area contributed by atoms with Gasteiger partial charge in [-0.15, -0.1) is 10.2 Å². The van der Waals surface area contributed by atoms with E-state index in [4.69, 9.17) is 10.00 Å². The van der Waals surface area contributed by atoms with Crippen molar-refractivity contribution in [1.82, 2.24) is 14.8 Å². The van der Waals surface area contributed by atoms with Gasteiger partial charge in [-0.2, -0.15) is 5.26 Å². The minimum absolute atomic E-state index is 0.499. The van der Waals surface area contributed by atoms with Gasteiger partial charge in [0.25, 0.3) is 0 Å². The van der Waals surface area contributed by atoms with Crippen molar-refractivity contribution in [3.05, 3.63) is 29.8 Å². The lowest BCUT2D eigenvalue weighted by molar-refractivity contribution is 0.122. The summed E-state index contributed by atoms with van der Waals surface area (Å²) in [5, 5.41) is 18.4. The zero-order valence-electron chi connectivity index (χ0n) is 13.8. The topological polar surface area (TPSA) is 67.0 Å². The molecule has 0 bridgehead atoms. The molecule has 126 valence electrons. The Morgan fingerprint density at radius 1 is 1.29 bits per heavy atom. The fourth-order valence-electron chi connectivity index (χ4n) is 2.65. The Labute approximate surface area is 146 Å². The molecule has 0 N–H and O–H groups in total. The van der Waals surface area contributed by atoms with Gasteiger partial charge in [-0.25, -0.2) is 0 Å². The summed E-state index contributed by atoms with van der Waals surface area (Å²) in [4.78, 5) is 2.21. The molecule has 1 aromatic heterocycles. The zero-order chi connectivity index (χ0) is 16.8. The van der Waals surface area contributed by atoms with Gasteiger partial charge in [0.1, 0.15) is 0 Å². The highest BCUT2D eigenvalue weighted by Gasteiger charge is 2.21. The first-order chi connectivity index (χ1) is 11.8. The molecule has 1 aliphatic heterocycles. The van der Waals surface area contributed by atoms with Gasteiger partial charge in [0.2, 0.25) is 5.95 Å². The van der Waals surface area contributed by atoms with E-state index >= 15 is 0 Å². The van der Waals surface area contributed by atoms with Crippen LogP contribution in [0.1, 0.15) is 18.9 Å². The first-order valence-electron chi connectivity index (χ1n) is 8.20. The van der Waals surface area contributed by atoms with Gasteiger partial charge in [-0.3, -0.25) is 4.57 Å². The Kier molecular flexibility index (Phi) is 5.72. The number of morpholine rings is 1. The fraction of sp³-hybridized carbons (Fsp3) is 0.471. The molecule has 1 saturated heterocycles. The third kappa shape index (κ3) is 3.71. The molecule has 6 nitrogen and oxygen atoms in total. The van der Waals surface area contributed by atoms with Crippen LogP contribution in [0.2, 0.25) is 0 Å². The molecule has 0 aliphatic carbocycles. The summed E-state index contributed by atoms with van der Waals surface area (Å²) >= 11 is 1.57. The minimum atomic E-state index is 0.499. The van der Waals surface area contributed by atoms with E-state index < -0.39 is 0 Å². The van der Waals surface area contributed by atoms with Gasteiger partial charge in [0.15, 0.2) is 5.16 Å². The number of nitrogens with zero attached hydrogens (tertiary/aromatic N) is 5. The van der Waals surface area contributed by atoms with E-state index in [9.17, 15) is 0 Å². The number of thioether (sulfide) groups is 1. The molecule has 1 aliphatic rings. The van der Waals surface area contributed by atoms with Gasteiger partial charge in [-0.05, 0) is 24.1 Å². The quantitative estimate of drug-likeness (QED) is 0.593. The van der Waals surface area contributed by atoms with Crippen LogP contribution in [0.5, 0.6) is 0 Å². The largest absolute Gasteiger partial charge is 0.378 e. The fourth-order valence-corrected chi connectivity index (χ4v) is 3.44. The highest BCUT2D eigenvalue weighted by molar-refractivity contribution is 7.99. The molecule has 2 heterocycles. The summed E-state index contributed by atoms with van der Waals surface area (Å²) in [6.07, 6.45) is 1.49. The second kappa shape index (κ2) is 8.18. The van der Waals surface area contributed by atoms with Crippen LogP contribution in [0.15, 0.2) is 29.4 Å². The number of aryl methyl sites for hydroxylation is 1. The molecule has 2 aromatic rings. The van der Waals surface area contributed by atoms with Crippen molar-refractivity contribution < 1.29 is 4.74 Å². The van der Waals surface area contributed by atoms with Crippen molar-refractivity contribution in [2.24, 2.45) is 0 Å². The molecule has 7 heteroatoms. The van der Waals surface area contributed by atoms with E-state index in [0.717, 1.165) is 36.3 Å². The van der Waals surface area contributed by atoms with E-state index in [-0.39, 0.29) is 0 Å². The summed E-state index contributed by atoms with van der Waals surface area (Å²) in [5.74, 6) is 1.57. The molecule has 0 unspecified atom stereocenters. The number of hydrogen-bond acceptors (Lipinski definition) is 6. The molecule has 0 radical (unpaired) electrons. The second-order valence-electron chi connectivity index (χ2n) is 5.50. The van der Waals surface area contributed by atoms with Crippen molar-refractivity contribution in [3.8, 4) is 11.8 Å². The number of hydrogen-bond donors (Lipinski definition) is 0. The lowest BCUT2D eigenvalue weighted by Gasteiger charge is -2.28. The van der Waals surface area contributed by atoms with Crippen LogP contribution in [-0.4, -0.2) is 46.8 Å². The van der Waals surface area contributed by atoms with Gasteiger partial charge >= 0.3 is 0 Å². The Morgan fingerprint density at radius 2 is 2.12 bits per heavy atom. The van der Waals surface area contributed by atoms with Gasteiger partial charge < -0.3 is 9.64 Å². The van der Waals surface area contributed by atoms with Crippen LogP contribution in [0.3, 0.4) is 0 Å². The predicted octanol–water partition coefficient (Wildman–Crippen LogP) is 2.67. The van der Waals surface area contributed by atoms with E-state index in [1.54, 1.807) is 11.8 Å². The van der Waals surface area contributed by atoms with Crippen LogP contribution in [0, 0.1) is 11.3 Å². The number of ether oxygens (including phenoxy) is 1.